The van der Waals surface area contributed by atoms with Gasteiger partial charge < -0.3 is 10.1 Å². The maximum atomic E-state index is 8.94. The molecule has 0 unspecified atom stereocenters. The molecule has 0 atom stereocenters. The van der Waals surface area contributed by atoms with Gasteiger partial charge in [-0.15, -0.1) is 11.3 Å². The van der Waals surface area contributed by atoms with Crippen molar-refractivity contribution in [3.05, 3.63) is 70.1 Å². The van der Waals surface area contributed by atoms with Crippen molar-refractivity contribution in [3.63, 3.8) is 0 Å². The molecule has 0 aliphatic carbocycles. The summed E-state index contributed by atoms with van der Waals surface area (Å²) in [5.41, 5.74) is 6.38. The summed E-state index contributed by atoms with van der Waals surface area (Å²) in [7, 11) is 1.93. The summed E-state index contributed by atoms with van der Waals surface area (Å²) in [6, 6.07) is 18.3. The number of carbonyl (C=O) groups is 1. The monoisotopic (exact) mass is 403 g/mol. The molecular formula is C20H22ClN3O2S. The van der Waals surface area contributed by atoms with Crippen LogP contribution >= 0.6 is 22.9 Å². The number of hydrazine groups is 1. The number of thiophene rings is 1. The number of benzene rings is 2. The molecule has 27 heavy (non-hydrogen) atoms. The first kappa shape index (κ1) is 20.8. The highest BCUT2D eigenvalue weighted by Crippen LogP contribution is 2.33. The van der Waals surface area contributed by atoms with E-state index in [1.807, 2.05) is 37.4 Å². The Hall–Kier alpha value is -2.54. The highest BCUT2D eigenvalue weighted by Gasteiger charge is 2.07. The number of amides is 1. The number of halogens is 1. The minimum atomic E-state index is 0.403. The molecule has 0 aliphatic rings. The molecule has 0 fully saturated rings. The van der Waals surface area contributed by atoms with Crippen LogP contribution in [-0.2, 0) is 11.4 Å². The predicted molar refractivity (Wildman–Crippen MR) is 113 cm³/mol. The molecule has 0 spiro atoms. The number of rotatable bonds is 6. The molecule has 0 saturated heterocycles. The number of carbonyl (C=O) groups excluding carboxylic acids is 1. The van der Waals surface area contributed by atoms with Gasteiger partial charge in [-0.05, 0) is 48.4 Å². The molecule has 3 aromatic rings. The Morgan fingerprint density at radius 2 is 1.93 bits per heavy atom. The van der Waals surface area contributed by atoms with Gasteiger partial charge in [0.15, 0.2) is 0 Å². The molecule has 5 nitrogen and oxygen atoms in total. The van der Waals surface area contributed by atoms with Crippen LogP contribution in [0.5, 0.6) is 5.75 Å². The summed E-state index contributed by atoms with van der Waals surface area (Å²) in [5.74, 6) is 5.27. The van der Waals surface area contributed by atoms with Gasteiger partial charge in [0, 0.05) is 23.2 Å². The van der Waals surface area contributed by atoms with Crippen molar-refractivity contribution in [1.82, 2.24) is 5.43 Å². The molecule has 142 valence electrons. The summed E-state index contributed by atoms with van der Waals surface area (Å²) < 4.78 is 6.81. The summed E-state index contributed by atoms with van der Waals surface area (Å²) >= 11 is 7.59. The Morgan fingerprint density at radius 3 is 2.56 bits per heavy atom. The maximum Gasteiger partial charge on any atom is 0.221 e. The van der Waals surface area contributed by atoms with Crippen molar-refractivity contribution in [3.8, 4) is 16.2 Å². The lowest BCUT2D eigenvalue weighted by Crippen LogP contribution is -2.18. The Balaban J connectivity index is 0.000000596. The van der Waals surface area contributed by atoms with Crippen LogP contribution in [0.1, 0.15) is 11.1 Å². The Labute approximate surface area is 168 Å². The van der Waals surface area contributed by atoms with Crippen LogP contribution in [0, 0.1) is 6.92 Å². The average Bonchev–Trinajstić information content (AvgIpc) is 3.13. The van der Waals surface area contributed by atoms with Crippen LogP contribution in [0.25, 0.3) is 10.4 Å². The smallest absolute Gasteiger partial charge is 0.221 e. The first-order valence-corrected chi connectivity index (χ1v) is 9.43. The molecular weight excluding hydrogens is 382 g/mol. The van der Waals surface area contributed by atoms with Crippen LogP contribution < -0.4 is 21.3 Å². The molecule has 0 radical (unpaired) electrons. The summed E-state index contributed by atoms with van der Waals surface area (Å²) in [4.78, 5) is 10.1. The van der Waals surface area contributed by atoms with E-state index in [-0.39, 0.29) is 0 Å². The van der Waals surface area contributed by atoms with Crippen molar-refractivity contribution in [2.75, 3.05) is 12.4 Å². The minimum Gasteiger partial charge on any atom is -0.489 e. The lowest BCUT2D eigenvalue weighted by atomic mass is 10.1. The molecule has 7 heteroatoms. The highest BCUT2D eigenvalue weighted by molar-refractivity contribution is 7.19. The van der Waals surface area contributed by atoms with Crippen molar-refractivity contribution in [1.29, 1.82) is 0 Å². The topological polar surface area (TPSA) is 76.4 Å². The third-order valence-electron chi connectivity index (χ3n) is 3.82. The van der Waals surface area contributed by atoms with E-state index in [2.05, 4.69) is 42.3 Å². The molecule has 0 aliphatic heterocycles. The van der Waals surface area contributed by atoms with Gasteiger partial charge in [-0.1, -0.05) is 35.9 Å². The summed E-state index contributed by atoms with van der Waals surface area (Å²) in [5, 5.41) is 3.22. The van der Waals surface area contributed by atoms with E-state index < -0.39 is 0 Å². The van der Waals surface area contributed by atoms with Crippen LogP contribution in [-0.4, -0.2) is 13.5 Å². The number of anilines is 1. The van der Waals surface area contributed by atoms with E-state index in [0.29, 0.717) is 13.0 Å². The van der Waals surface area contributed by atoms with E-state index in [1.165, 1.54) is 11.1 Å². The van der Waals surface area contributed by atoms with Crippen LogP contribution in [0.3, 0.4) is 0 Å². The van der Waals surface area contributed by atoms with Gasteiger partial charge in [-0.2, -0.15) is 0 Å². The Bertz CT molecular complexity index is 883. The number of nitrogens with one attached hydrogen (secondary N) is 2. The third kappa shape index (κ3) is 5.99. The second-order valence-corrected chi connectivity index (χ2v) is 7.27. The van der Waals surface area contributed by atoms with Gasteiger partial charge in [-0.3, -0.25) is 10.2 Å². The number of hydrogen-bond acceptors (Lipinski definition) is 5. The summed E-state index contributed by atoms with van der Waals surface area (Å²) in [6.45, 7) is 2.64. The van der Waals surface area contributed by atoms with Gasteiger partial charge in [-0.25, -0.2) is 5.84 Å². The molecule has 1 heterocycles. The zero-order valence-electron chi connectivity index (χ0n) is 15.2. The van der Waals surface area contributed by atoms with Crippen LogP contribution in [0.4, 0.5) is 5.69 Å². The van der Waals surface area contributed by atoms with Crippen molar-refractivity contribution in [2.45, 2.75) is 13.5 Å². The molecule has 3 rings (SSSR count). The van der Waals surface area contributed by atoms with Crippen LogP contribution in [0.15, 0.2) is 54.6 Å². The molecule has 1 aromatic heterocycles. The van der Waals surface area contributed by atoms with Gasteiger partial charge in [0.25, 0.3) is 0 Å². The predicted octanol–water partition coefficient (Wildman–Crippen LogP) is 4.60. The van der Waals surface area contributed by atoms with E-state index in [4.69, 9.17) is 21.1 Å². The number of nitrogens with two attached hydrogens (primary N) is 1. The molecule has 0 saturated carbocycles. The van der Waals surface area contributed by atoms with Crippen molar-refractivity contribution < 1.29 is 9.53 Å². The fourth-order valence-corrected chi connectivity index (χ4v) is 3.53. The van der Waals surface area contributed by atoms with E-state index >= 15 is 0 Å². The SMILES string of the molecule is CNc1cccc(C)c1COc1cccc(-c2ccc(Cl)s2)c1.NNC=O. The fourth-order valence-electron chi connectivity index (χ4n) is 2.49. The lowest BCUT2D eigenvalue weighted by molar-refractivity contribution is -0.109. The highest BCUT2D eigenvalue weighted by atomic mass is 35.5. The number of hydrogen-bond donors (Lipinski definition) is 3. The molecule has 1 amide bonds. The first-order valence-electron chi connectivity index (χ1n) is 8.23. The number of ether oxygens (including phenoxy) is 1. The molecule has 4 N–H and O–H groups in total. The quantitative estimate of drug-likeness (QED) is 0.243. The standard InChI is InChI=1S/C19H18ClNOS.CH4N2O/c1-13-5-3-8-17(21-2)16(13)12-22-15-7-4-6-14(11-15)18-9-10-19(20)23-18;2-3-1-4/h3-11,21H,12H2,1-2H3;1H,2H2,(H,3,4). The first-order chi connectivity index (χ1) is 13.1. The van der Waals surface area contributed by atoms with Crippen LogP contribution in [0.2, 0.25) is 4.34 Å². The maximum absolute atomic E-state index is 8.94. The largest absolute Gasteiger partial charge is 0.489 e. The van der Waals surface area contributed by atoms with Crippen molar-refractivity contribution in [2.24, 2.45) is 5.84 Å². The van der Waals surface area contributed by atoms with Gasteiger partial charge in [0.05, 0.1) is 4.34 Å². The number of aryl methyl sites for hydroxylation is 1. The third-order valence-corrected chi connectivity index (χ3v) is 5.10. The minimum absolute atomic E-state index is 0.403. The van der Waals surface area contributed by atoms with Crippen molar-refractivity contribution >= 4 is 35.0 Å². The average molecular weight is 404 g/mol. The van der Waals surface area contributed by atoms with Gasteiger partial charge in [0.2, 0.25) is 6.41 Å². The fraction of sp³-hybridized carbons (Fsp3) is 0.150. The Morgan fingerprint density at radius 1 is 1.19 bits per heavy atom. The second kappa shape index (κ2) is 10.6. The van der Waals surface area contributed by atoms with E-state index in [1.54, 1.807) is 16.8 Å². The second-order valence-electron chi connectivity index (χ2n) is 5.56. The molecule has 0 bridgehead atoms. The Kier molecular flexibility index (Phi) is 8.13. The van der Waals surface area contributed by atoms with E-state index in [0.717, 1.165) is 26.2 Å². The normalized spacial score (nSPS) is 9.78. The summed E-state index contributed by atoms with van der Waals surface area (Å²) in [6.07, 6.45) is 0.403. The zero-order chi connectivity index (χ0) is 19.6. The van der Waals surface area contributed by atoms with E-state index in [9.17, 15) is 0 Å². The van der Waals surface area contributed by atoms with Gasteiger partial charge in [0.1, 0.15) is 12.4 Å². The van der Waals surface area contributed by atoms with Gasteiger partial charge >= 0.3 is 0 Å². The lowest BCUT2D eigenvalue weighted by Gasteiger charge is -2.14. The zero-order valence-corrected chi connectivity index (χ0v) is 16.7. The molecule has 2 aromatic carbocycles.